The lowest BCUT2D eigenvalue weighted by atomic mass is 9.95. The van der Waals surface area contributed by atoms with Crippen molar-refractivity contribution in [3.05, 3.63) is 66.3 Å². The Morgan fingerprint density at radius 1 is 0.477 bits per heavy atom. The van der Waals surface area contributed by atoms with Crippen molar-refractivity contribution in [2.75, 3.05) is 19.7 Å². The summed E-state index contributed by atoms with van der Waals surface area (Å²) in [5.41, 5.74) is 23.0. The largest absolute Gasteiger partial charge is 0.508 e. The van der Waals surface area contributed by atoms with Crippen molar-refractivity contribution in [2.45, 2.75) is 211 Å². The quantitative estimate of drug-likeness (QED) is 0.0142. The van der Waals surface area contributed by atoms with E-state index in [1.165, 1.54) is 63.2 Å². The number of phenols is 1. The number of guanidine groups is 1. The molecule has 111 heavy (non-hydrogen) atoms. The first-order chi connectivity index (χ1) is 52.2. The Bertz CT molecular complexity index is 3650. The summed E-state index contributed by atoms with van der Waals surface area (Å²) in [6, 6.07) is -12.8. The molecule has 0 aliphatic heterocycles. The number of aromatic nitrogens is 4. The van der Waals surface area contributed by atoms with Crippen LogP contribution in [0, 0.1) is 29.1 Å². The Morgan fingerprint density at radius 3 is 1.39 bits per heavy atom. The Balaban J connectivity index is 1.88. The van der Waals surface area contributed by atoms with E-state index >= 15 is 0 Å². The van der Waals surface area contributed by atoms with Crippen molar-refractivity contribution in [3.63, 3.8) is 0 Å². The number of aromatic amines is 2. The van der Waals surface area contributed by atoms with Crippen LogP contribution in [0.1, 0.15) is 137 Å². The van der Waals surface area contributed by atoms with Gasteiger partial charge in [0.15, 0.2) is 5.96 Å². The molecule has 2 heterocycles. The number of hydrogen-bond acceptors (Lipinski definition) is 22. The normalized spacial score (nSPS) is 14.7. The zero-order chi connectivity index (χ0) is 83.4. The number of nitrogens with one attached hydrogen (secondary N) is 16. The van der Waals surface area contributed by atoms with E-state index in [1.807, 2.05) is 0 Å². The van der Waals surface area contributed by atoms with Gasteiger partial charge in [-0.05, 0) is 79.9 Å². The molecule has 28 N–H and O–H groups in total. The van der Waals surface area contributed by atoms with Gasteiger partial charge in [0.2, 0.25) is 82.7 Å². The highest BCUT2D eigenvalue weighted by atomic mass is 16.4. The van der Waals surface area contributed by atoms with Gasteiger partial charge in [-0.2, -0.15) is 0 Å². The summed E-state index contributed by atoms with van der Waals surface area (Å²) in [5.74, 6) is -19.5. The molecule has 0 saturated carbocycles. The van der Waals surface area contributed by atoms with Gasteiger partial charge in [0.1, 0.15) is 72.2 Å². The van der Waals surface area contributed by atoms with E-state index in [2.05, 4.69) is 89.1 Å². The summed E-state index contributed by atoms with van der Waals surface area (Å²) in [7, 11) is 0. The molecule has 0 radical (unpaired) electrons. The smallest absolute Gasteiger partial charge is 0.326 e. The number of phenolic OH excluding ortho intramolecular Hbond substituents is 1. The molecule has 0 unspecified atom stereocenters. The van der Waals surface area contributed by atoms with Crippen molar-refractivity contribution in [1.82, 2.24) is 89.1 Å². The Kier molecular flexibility index (Phi) is 39.7. The number of carbonyl (C=O) groups is 16. The number of carbonyl (C=O) groups excluding carboxylic acids is 14. The van der Waals surface area contributed by atoms with E-state index in [1.54, 1.807) is 41.5 Å². The minimum absolute atomic E-state index is 0.0108. The van der Waals surface area contributed by atoms with Gasteiger partial charge in [0, 0.05) is 57.5 Å². The van der Waals surface area contributed by atoms with E-state index in [9.17, 15) is 97.1 Å². The standard InChI is InChI=1S/C69H108N22O20/c1-9-36(8)56(91-66(108)55(35(6)7)89-61(103)42(11-10-22-77-69(73)74)82-64(106)49(30-92)81-52(96)29-78-58(100)46(24-37-12-14-40(93)15-13-37)85-57(99)41(70)16-19-50(71)94)67(109)84-43(17-20-51(72)95)59(101)86-47(25-38-27-75-31-79-38)63(105)90-54(34(4)5)65(107)87-45(23-33(2)3)62(104)83-44(18-21-53(97)98)60(102)88-48(68(110)111)26-39-28-76-32-80-39/h12-15,27-28,31-36,41-49,54-56,92-93H,9-11,16-26,29-30,70H2,1-8H3,(H2,71,94)(H2,72,95)(H,75,79)(H,76,80)(H,78,100)(H,81,96)(H,82,106)(H,83,104)(H,84,109)(H,85,99)(H,86,101)(H,87,107)(H,88,102)(H,89,103)(H,90,105)(H,91,108)(H,97,98)(H,110,111)(H4,73,74,77)/t36-,41-,42-,43-,44-,45-,46-,47-,48-,49-,54-,55-,56-/m0/s1. The molecule has 0 aliphatic rings. The second-order valence-corrected chi connectivity index (χ2v) is 27.7. The molecule has 1 aromatic carbocycles. The van der Waals surface area contributed by atoms with Gasteiger partial charge in [-0.25, -0.2) is 14.8 Å². The summed E-state index contributed by atoms with van der Waals surface area (Å²) in [6.45, 7) is 10.9. The number of primary amides is 2. The molecule has 0 aliphatic carbocycles. The Hall–Kier alpha value is -11.8. The molecule has 614 valence electrons. The van der Waals surface area contributed by atoms with Crippen LogP contribution >= 0.6 is 0 Å². The predicted octanol–water partition coefficient (Wildman–Crippen LogP) is -6.22. The summed E-state index contributed by atoms with van der Waals surface area (Å²) in [5, 5.41) is 79.5. The van der Waals surface area contributed by atoms with Crippen LogP contribution in [-0.2, 0) is 96.0 Å². The van der Waals surface area contributed by atoms with Crippen LogP contribution in [0.15, 0.2) is 49.3 Å². The minimum Gasteiger partial charge on any atom is -0.508 e. The average Bonchev–Trinajstić information content (AvgIpc) is 0.999. The number of hydrogen-bond donors (Lipinski definition) is 24. The molecule has 42 nitrogen and oxygen atoms in total. The number of H-pyrrole nitrogens is 2. The lowest BCUT2D eigenvalue weighted by Gasteiger charge is -2.31. The first-order valence-corrected chi connectivity index (χ1v) is 36.0. The maximum atomic E-state index is 14.6. The lowest BCUT2D eigenvalue weighted by molar-refractivity contribution is -0.143. The number of carboxylic acid groups (broad SMARTS) is 2. The third kappa shape index (κ3) is 34.1. The first kappa shape index (κ1) is 93.4. The fraction of sp³-hybridized carbons (Fsp3) is 0.580. The van der Waals surface area contributed by atoms with Gasteiger partial charge in [-0.15, -0.1) is 0 Å². The van der Waals surface area contributed by atoms with Crippen LogP contribution < -0.4 is 92.1 Å². The van der Waals surface area contributed by atoms with Crippen LogP contribution in [0.25, 0.3) is 0 Å². The topological polar surface area (TPSA) is 696 Å². The Morgan fingerprint density at radius 2 is 0.901 bits per heavy atom. The van der Waals surface area contributed by atoms with Crippen LogP contribution in [0.2, 0.25) is 0 Å². The van der Waals surface area contributed by atoms with Crippen molar-refractivity contribution in [1.29, 1.82) is 5.41 Å². The molecule has 0 bridgehead atoms. The number of imidazole rings is 2. The summed E-state index contributed by atoms with van der Waals surface area (Å²) < 4.78 is 0. The Labute approximate surface area is 639 Å². The number of nitrogens with zero attached hydrogens (tertiary/aromatic N) is 2. The third-order valence-electron chi connectivity index (χ3n) is 17.3. The van der Waals surface area contributed by atoms with Gasteiger partial charge >= 0.3 is 11.9 Å². The maximum absolute atomic E-state index is 14.6. The van der Waals surface area contributed by atoms with Crippen molar-refractivity contribution < 1.29 is 97.1 Å². The zero-order valence-corrected chi connectivity index (χ0v) is 63.2. The fourth-order valence-corrected chi connectivity index (χ4v) is 10.9. The van der Waals surface area contributed by atoms with E-state index in [4.69, 9.17) is 28.3 Å². The predicted molar refractivity (Wildman–Crippen MR) is 395 cm³/mol. The number of aliphatic carboxylic acids is 2. The zero-order valence-electron chi connectivity index (χ0n) is 63.2. The van der Waals surface area contributed by atoms with Gasteiger partial charge < -0.3 is 122 Å². The number of nitrogens with two attached hydrogens (primary N) is 4. The van der Waals surface area contributed by atoms with Crippen LogP contribution in [-0.4, -0.2) is 233 Å². The summed E-state index contributed by atoms with van der Waals surface area (Å²) in [4.78, 5) is 230. The SMILES string of the molecule is CC[C@H](C)[C@H](NC(=O)[C@@H](NC(=O)[C@H](CCCNC(=N)N)NC(=O)[C@H](CO)NC(=O)CNC(=O)[C@H](Cc1ccc(O)cc1)NC(=O)[C@@H](N)CCC(N)=O)C(C)C)C(=O)N[C@@H](CCC(N)=O)C(=O)N[C@@H](Cc1c[nH]cn1)C(=O)N[C@H](C(=O)N[C@@H](CC(C)C)C(=O)N[C@@H](CCC(=O)O)C(=O)N[C@@H](Cc1c[nH]cn1)C(=O)O)C(C)C. The number of amides is 14. The summed E-state index contributed by atoms with van der Waals surface area (Å²) in [6.07, 6.45) is 1.92. The monoisotopic (exact) mass is 1560 g/mol. The van der Waals surface area contributed by atoms with Gasteiger partial charge in [0.05, 0.1) is 43.2 Å². The second kappa shape index (κ2) is 47.2. The molecule has 3 aromatic rings. The van der Waals surface area contributed by atoms with Gasteiger partial charge in [-0.1, -0.05) is 73.9 Å². The molecule has 0 fully saturated rings. The molecular weight excluding hydrogens is 1460 g/mol. The van der Waals surface area contributed by atoms with Crippen molar-refractivity contribution >= 4 is 101 Å². The minimum atomic E-state index is -1.79. The van der Waals surface area contributed by atoms with E-state index in [0.717, 1.165) is 0 Å². The number of rotatable bonds is 51. The van der Waals surface area contributed by atoms with E-state index < -0.39 is 230 Å². The molecule has 0 spiro atoms. The van der Waals surface area contributed by atoms with E-state index in [-0.39, 0.29) is 87.4 Å². The van der Waals surface area contributed by atoms with Crippen LogP contribution in [0.5, 0.6) is 5.75 Å². The lowest BCUT2D eigenvalue weighted by Crippen LogP contribution is -2.62. The first-order valence-electron chi connectivity index (χ1n) is 36.0. The van der Waals surface area contributed by atoms with Crippen molar-refractivity contribution in [3.8, 4) is 5.75 Å². The average molecular weight is 1570 g/mol. The molecule has 13 atom stereocenters. The molecule has 3 rings (SSSR count). The number of aliphatic hydroxyl groups is 1. The van der Waals surface area contributed by atoms with Crippen LogP contribution in [0.3, 0.4) is 0 Å². The maximum Gasteiger partial charge on any atom is 0.326 e. The van der Waals surface area contributed by atoms with Gasteiger partial charge in [0.25, 0.3) is 0 Å². The molecule has 2 aromatic heterocycles. The molecule has 42 heteroatoms. The van der Waals surface area contributed by atoms with Crippen molar-refractivity contribution in [2.24, 2.45) is 46.6 Å². The van der Waals surface area contributed by atoms with E-state index in [0.29, 0.717) is 5.56 Å². The molecule has 0 saturated heterocycles. The highest BCUT2D eigenvalue weighted by Gasteiger charge is 2.39. The number of benzene rings is 1. The summed E-state index contributed by atoms with van der Waals surface area (Å²) >= 11 is 0. The highest BCUT2D eigenvalue weighted by molar-refractivity contribution is 6.00. The highest BCUT2D eigenvalue weighted by Crippen LogP contribution is 2.17. The number of carboxylic acids is 2. The number of aromatic hydroxyl groups is 1. The second-order valence-electron chi connectivity index (χ2n) is 27.7. The molecule has 14 amide bonds. The molecular formula is C69H108N22O20. The fourth-order valence-electron chi connectivity index (χ4n) is 10.9. The van der Waals surface area contributed by atoms with Gasteiger partial charge in [-0.3, -0.25) is 77.3 Å². The number of aliphatic hydroxyl groups excluding tert-OH is 1. The van der Waals surface area contributed by atoms with Crippen LogP contribution in [0.4, 0.5) is 0 Å². The third-order valence-corrected chi connectivity index (χ3v) is 17.3.